The maximum atomic E-state index is 13.2. The van der Waals surface area contributed by atoms with Crippen LogP contribution in [0.4, 0.5) is 0 Å². The molecule has 10 rings (SSSR count). The average molecular weight is 1290 g/mol. The van der Waals surface area contributed by atoms with Gasteiger partial charge >= 0.3 is 0 Å². The predicted octanol–water partition coefficient (Wildman–Crippen LogP) is 24.7. The van der Waals surface area contributed by atoms with E-state index in [1.165, 1.54) is 16.7 Å². The highest BCUT2D eigenvalue weighted by atomic mass is 35.5. The number of benzene rings is 8. The molecule has 0 atom stereocenters. The van der Waals surface area contributed by atoms with Crippen LogP contribution in [0, 0.1) is 17.8 Å². The number of aromatic nitrogens is 2. The van der Waals surface area contributed by atoms with Crippen LogP contribution in [0.2, 0.25) is 20.1 Å². The summed E-state index contributed by atoms with van der Waals surface area (Å²) < 4.78 is 18.1. The summed E-state index contributed by atoms with van der Waals surface area (Å²) in [7, 11) is 0. The van der Waals surface area contributed by atoms with Crippen molar-refractivity contribution in [1.82, 2.24) is 9.13 Å². The molecule has 0 aliphatic rings. The summed E-state index contributed by atoms with van der Waals surface area (Å²) in [5.41, 5.74) is 13.1. The summed E-state index contributed by atoms with van der Waals surface area (Å²) in [4.78, 5) is 0. The fourth-order valence-corrected chi connectivity index (χ4v) is 15.0. The minimum Gasteiger partial charge on any atom is -0.505 e. The van der Waals surface area contributed by atoms with Crippen molar-refractivity contribution in [3.05, 3.63) is 175 Å². The highest BCUT2D eigenvalue weighted by Crippen LogP contribution is 2.52. The topological polar surface area (TPSA) is 68.8 Å². The Hall–Kier alpha value is -6.28. The molecule has 0 fully saturated rings. The first-order valence-corrected chi connectivity index (χ1v) is 33.3. The smallest absolute Gasteiger partial charge is 0.147 e. The normalized spacial score (nSPS) is 13.2. The van der Waals surface area contributed by atoms with Crippen LogP contribution >= 0.6 is 46.4 Å². The van der Waals surface area contributed by atoms with Crippen LogP contribution in [0.5, 0.6) is 23.0 Å². The lowest BCUT2D eigenvalue weighted by Gasteiger charge is -2.34. The van der Waals surface area contributed by atoms with Crippen molar-refractivity contribution in [2.45, 2.75) is 185 Å². The molecule has 10 heteroatoms. The zero-order chi connectivity index (χ0) is 65.9. The molecule has 0 aliphatic carbocycles. The van der Waals surface area contributed by atoms with E-state index in [1.807, 2.05) is 12.1 Å². The van der Waals surface area contributed by atoms with Crippen molar-refractivity contribution in [1.29, 1.82) is 0 Å². The summed E-state index contributed by atoms with van der Waals surface area (Å²) >= 11 is 28.5. The zero-order valence-electron chi connectivity index (χ0n) is 56.7. The Morgan fingerprint density at radius 3 is 1.01 bits per heavy atom. The van der Waals surface area contributed by atoms with Gasteiger partial charge in [0.05, 0.1) is 56.7 Å². The Kier molecular flexibility index (Phi) is 17.5. The van der Waals surface area contributed by atoms with Gasteiger partial charge in [-0.1, -0.05) is 226 Å². The second-order valence-electron chi connectivity index (χ2n) is 32.2. The van der Waals surface area contributed by atoms with Gasteiger partial charge in [0.25, 0.3) is 0 Å². The van der Waals surface area contributed by atoms with Crippen LogP contribution in [-0.2, 0) is 27.1 Å². The lowest BCUT2D eigenvalue weighted by Crippen LogP contribution is -2.25. The third-order valence-corrected chi connectivity index (χ3v) is 18.8. The number of rotatable bonds is 14. The number of ether oxygens (including phenoxy) is 2. The Morgan fingerprint density at radius 1 is 0.367 bits per heavy atom. The highest BCUT2D eigenvalue weighted by molar-refractivity contribution is 6.37. The average Bonchev–Trinajstić information content (AvgIpc) is 1.51. The number of nitrogens with zero attached hydrogens (tertiary/aromatic N) is 2. The van der Waals surface area contributed by atoms with Gasteiger partial charge in [-0.05, 0) is 164 Å². The number of hydrogen-bond donors (Lipinski definition) is 2. The molecule has 2 N–H and O–H groups in total. The van der Waals surface area contributed by atoms with E-state index in [9.17, 15) is 10.2 Å². The number of phenols is 2. The summed E-state index contributed by atoms with van der Waals surface area (Å²) in [6.07, 6.45) is 2.12. The van der Waals surface area contributed by atoms with Gasteiger partial charge in [0, 0.05) is 60.3 Å². The van der Waals surface area contributed by atoms with Crippen molar-refractivity contribution >= 4 is 90.0 Å². The number of fused-ring (bicyclic) bond motifs is 6. The van der Waals surface area contributed by atoms with Crippen LogP contribution < -0.4 is 9.47 Å². The van der Waals surface area contributed by atoms with E-state index in [0.717, 1.165) is 73.1 Å². The van der Waals surface area contributed by atoms with Gasteiger partial charge < -0.3 is 28.8 Å². The van der Waals surface area contributed by atoms with Gasteiger partial charge in [0.15, 0.2) is 0 Å². The van der Waals surface area contributed by atoms with Crippen LogP contribution in [0.25, 0.3) is 77.2 Å². The van der Waals surface area contributed by atoms with E-state index >= 15 is 0 Å². The monoisotopic (exact) mass is 1280 g/mol. The fourth-order valence-electron chi connectivity index (χ4n) is 13.9. The Bertz CT molecular complexity index is 4370. The molecule has 0 spiro atoms. The largest absolute Gasteiger partial charge is 0.505 e. The first kappa shape index (κ1) is 66.6. The minimum absolute atomic E-state index is 0.0165. The number of aryl methyl sites for hydroxylation is 1. The number of halogens is 4. The van der Waals surface area contributed by atoms with Crippen molar-refractivity contribution in [2.24, 2.45) is 10.8 Å². The molecule has 0 saturated carbocycles. The standard InChI is InChI=1S/C80H92Cl4N2O4/c1-46-22-26-54-55-27-23-47(76(8,9)10)35-65(55)85(64(54)32-46)68-38-50(79(17,18)44-74(2,3)4)33-58(70(68)87)60-40-52(81)42-62(83)72(60)89-30-21-31-90-73-61(41-53(82)43-63(73)84)59-34-51(80(19,20)45-75(5,6)7)39-69(71(59)88)86-66-36-48(77(11,12)13)24-28-56(66)57-29-25-49(37-67(57)86)78(14,15)16/h22-29,32-43,87-88H,21,30-31,44-45H2,1-20H3. The number of phenolic OH excluding ortho intramolecular Hbond substituents is 2. The molecule has 8 aromatic carbocycles. The zero-order valence-corrected chi connectivity index (χ0v) is 59.7. The van der Waals surface area contributed by atoms with Crippen molar-refractivity contribution < 1.29 is 19.7 Å². The molecular formula is C80H92Cl4N2O4. The van der Waals surface area contributed by atoms with Gasteiger partial charge in [-0.15, -0.1) is 0 Å². The SMILES string of the molecule is Cc1ccc2c3ccc(C(C)(C)C)cc3n(-c3cc(C(C)(C)CC(C)(C)C)cc(-c4cc(Cl)cc(Cl)c4OCCCOc4c(Cl)cc(Cl)cc4-c4cc(C(C)(C)CC(C)(C)C)cc(-n5c6cc(C(C)(C)C)ccc6c6ccc(C(C)(C)C)cc65)c4O)c3O)c2c1. The highest BCUT2D eigenvalue weighted by Gasteiger charge is 2.34. The maximum Gasteiger partial charge on any atom is 0.147 e. The predicted molar refractivity (Wildman–Crippen MR) is 386 cm³/mol. The van der Waals surface area contributed by atoms with Gasteiger partial charge in [0.2, 0.25) is 0 Å². The first-order valence-electron chi connectivity index (χ1n) is 31.8. The number of hydrogen-bond acceptors (Lipinski definition) is 4. The molecule has 10 aromatic rings. The van der Waals surface area contributed by atoms with E-state index in [2.05, 4.69) is 245 Å². The molecule has 2 aromatic heterocycles. The summed E-state index contributed by atoms with van der Waals surface area (Å²) in [5, 5.41) is 32.2. The fraction of sp³-hybridized carbons (Fsp3) is 0.400. The van der Waals surface area contributed by atoms with E-state index < -0.39 is 0 Å². The molecule has 0 saturated heterocycles. The molecule has 0 aliphatic heterocycles. The Labute approximate surface area is 555 Å². The van der Waals surface area contributed by atoms with Crippen LogP contribution in [-0.4, -0.2) is 32.6 Å². The molecule has 6 nitrogen and oxygen atoms in total. The third kappa shape index (κ3) is 13.3. The van der Waals surface area contributed by atoms with Gasteiger partial charge in [0.1, 0.15) is 23.0 Å². The number of aromatic hydroxyl groups is 2. The third-order valence-electron chi connectivity index (χ3n) is 17.8. The first-order chi connectivity index (χ1) is 41.6. The molecule has 0 amide bonds. The van der Waals surface area contributed by atoms with E-state index in [-0.39, 0.29) is 62.6 Å². The van der Waals surface area contributed by atoms with Gasteiger partial charge in [-0.3, -0.25) is 0 Å². The molecule has 2 heterocycles. The Balaban J connectivity index is 1.06. The van der Waals surface area contributed by atoms with Gasteiger partial charge in [-0.25, -0.2) is 0 Å². The van der Waals surface area contributed by atoms with E-state index in [0.29, 0.717) is 71.6 Å². The van der Waals surface area contributed by atoms with Crippen LogP contribution in [0.3, 0.4) is 0 Å². The van der Waals surface area contributed by atoms with Crippen molar-refractivity contribution in [2.75, 3.05) is 13.2 Å². The molecule has 0 bridgehead atoms. The second kappa shape index (κ2) is 23.7. The lowest BCUT2D eigenvalue weighted by atomic mass is 9.71. The molecule has 0 radical (unpaired) electrons. The molecule has 0 unspecified atom stereocenters. The molecular weight excluding hydrogens is 1190 g/mol. The van der Waals surface area contributed by atoms with Gasteiger partial charge in [-0.2, -0.15) is 0 Å². The van der Waals surface area contributed by atoms with Crippen LogP contribution in [0.1, 0.15) is 184 Å². The minimum atomic E-state index is -0.355. The summed E-state index contributed by atoms with van der Waals surface area (Å²) in [6.45, 7) is 45.2. The second-order valence-corrected chi connectivity index (χ2v) is 33.9. The van der Waals surface area contributed by atoms with E-state index in [1.54, 1.807) is 12.1 Å². The van der Waals surface area contributed by atoms with E-state index in [4.69, 9.17) is 55.9 Å². The Morgan fingerprint density at radius 2 is 0.689 bits per heavy atom. The van der Waals surface area contributed by atoms with Crippen molar-refractivity contribution in [3.63, 3.8) is 0 Å². The quantitative estimate of drug-likeness (QED) is 0.106. The van der Waals surface area contributed by atoms with Crippen molar-refractivity contribution in [3.8, 4) is 56.6 Å². The summed E-state index contributed by atoms with van der Waals surface area (Å²) in [6, 6.07) is 42.3. The summed E-state index contributed by atoms with van der Waals surface area (Å²) in [5.74, 6) is 0.909. The van der Waals surface area contributed by atoms with Crippen LogP contribution in [0.15, 0.2) is 121 Å². The lowest BCUT2D eigenvalue weighted by molar-refractivity contribution is 0.248. The molecule has 474 valence electrons. The maximum absolute atomic E-state index is 13.2. The molecule has 90 heavy (non-hydrogen) atoms.